The summed E-state index contributed by atoms with van der Waals surface area (Å²) in [5, 5.41) is 14.9. The van der Waals surface area contributed by atoms with Gasteiger partial charge in [0.1, 0.15) is 0 Å². The minimum Gasteiger partial charge on any atom is -0.358 e. The van der Waals surface area contributed by atoms with E-state index in [9.17, 15) is 31.7 Å². The third-order valence-corrected chi connectivity index (χ3v) is 2.65. The van der Waals surface area contributed by atoms with Crippen molar-refractivity contribution in [3.05, 3.63) is 27.7 Å². The molecular weight excluding hydrogens is 267 g/mol. The topological polar surface area (TPSA) is 116 Å². The lowest BCUT2D eigenvalue weighted by Crippen LogP contribution is -2.19. The van der Waals surface area contributed by atoms with Crippen LogP contribution in [-0.2, 0) is 10.0 Å². The second-order valence-corrected chi connectivity index (χ2v) is 4.27. The Morgan fingerprint density at radius 1 is 1.47 bits per heavy atom. The van der Waals surface area contributed by atoms with Crippen LogP contribution in [0.4, 0.5) is 19.0 Å². The monoisotopic (exact) mass is 271 g/mol. The van der Waals surface area contributed by atoms with Crippen molar-refractivity contribution in [3.63, 3.8) is 0 Å². The van der Waals surface area contributed by atoms with E-state index in [1.807, 2.05) is 0 Å². The molecule has 11 heteroatoms. The highest BCUT2D eigenvalue weighted by Crippen LogP contribution is 2.33. The first-order valence-corrected chi connectivity index (χ1v) is 5.34. The second-order valence-electron chi connectivity index (χ2n) is 2.78. The van der Waals surface area contributed by atoms with Gasteiger partial charge in [-0.25, -0.2) is 26.7 Å². The van der Waals surface area contributed by atoms with Crippen LogP contribution in [0.15, 0.2) is 11.1 Å². The molecule has 0 saturated heterocycles. The highest BCUT2D eigenvalue weighted by atomic mass is 32.2. The van der Waals surface area contributed by atoms with Gasteiger partial charge in [0.05, 0.1) is 5.56 Å². The molecule has 94 valence electrons. The van der Waals surface area contributed by atoms with E-state index < -0.39 is 43.5 Å². The van der Waals surface area contributed by atoms with Gasteiger partial charge in [0, 0.05) is 0 Å². The summed E-state index contributed by atoms with van der Waals surface area (Å²) in [7, 11) is -4.90. The summed E-state index contributed by atoms with van der Waals surface area (Å²) in [4.78, 5) is 10.3. The molecule has 0 bridgehead atoms. The van der Waals surface area contributed by atoms with Gasteiger partial charge in [-0.3, -0.25) is 0 Å². The molecule has 1 aromatic rings. The maximum atomic E-state index is 13.0. The van der Waals surface area contributed by atoms with Crippen molar-refractivity contribution in [2.45, 2.75) is 11.3 Å². The Bertz CT molecular complexity index is 574. The predicted molar refractivity (Wildman–Crippen MR) is 47.2 cm³/mol. The molecule has 0 aliphatic heterocycles. The molecule has 0 unspecified atom stereocenters. The molecule has 0 spiro atoms. The first kappa shape index (κ1) is 13.3. The number of pyridine rings is 1. The van der Waals surface area contributed by atoms with Gasteiger partial charge >= 0.3 is 5.82 Å². The summed E-state index contributed by atoms with van der Waals surface area (Å²) >= 11 is 0. The summed E-state index contributed by atoms with van der Waals surface area (Å²) in [6, 6.07) is 0. The third kappa shape index (κ3) is 2.50. The van der Waals surface area contributed by atoms with E-state index in [1.165, 1.54) is 0 Å². The molecule has 2 N–H and O–H groups in total. The Morgan fingerprint density at radius 3 is 2.35 bits per heavy atom. The number of alkyl halides is 2. The normalized spacial score (nSPS) is 11.8. The summed E-state index contributed by atoms with van der Waals surface area (Å²) < 4.78 is 59.8. The zero-order valence-electron chi connectivity index (χ0n) is 7.80. The fraction of sp³-hybridized carbons (Fsp3) is 0.167. The Hall–Kier alpha value is -1.75. The standard InChI is InChI=1S/C6H4F3N3O4S/c7-2-1-11-6(12(13)14)4(17(10,15)16)3(2)5(8)9/h1,5H,(H2,10,15,16). The number of halogens is 3. The highest BCUT2D eigenvalue weighted by Gasteiger charge is 2.35. The van der Waals surface area contributed by atoms with E-state index in [0.29, 0.717) is 0 Å². The summed E-state index contributed by atoms with van der Waals surface area (Å²) in [5.74, 6) is -3.13. The summed E-state index contributed by atoms with van der Waals surface area (Å²) in [6.07, 6.45) is -3.45. The van der Waals surface area contributed by atoms with Crippen LogP contribution in [0, 0.1) is 15.9 Å². The van der Waals surface area contributed by atoms with Crippen LogP contribution < -0.4 is 5.14 Å². The number of rotatable bonds is 3. The smallest absolute Gasteiger partial charge is 0.358 e. The van der Waals surface area contributed by atoms with Crippen molar-refractivity contribution in [3.8, 4) is 0 Å². The van der Waals surface area contributed by atoms with Gasteiger partial charge in [-0.1, -0.05) is 0 Å². The molecule has 0 aliphatic rings. The van der Waals surface area contributed by atoms with Gasteiger partial charge in [0.2, 0.25) is 10.0 Å². The molecule has 1 rings (SSSR count). The summed E-state index contributed by atoms with van der Waals surface area (Å²) in [6.45, 7) is 0. The van der Waals surface area contributed by atoms with Crippen LogP contribution >= 0.6 is 0 Å². The number of nitrogens with two attached hydrogens (primary N) is 1. The number of nitro groups is 1. The number of hydrogen-bond donors (Lipinski definition) is 1. The van der Waals surface area contributed by atoms with Crippen molar-refractivity contribution in [1.29, 1.82) is 0 Å². The van der Waals surface area contributed by atoms with Gasteiger partial charge in [0.15, 0.2) is 16.9 Å². The number of primary sulfonamides is 1. The Morgan fingerprint density at radius 2 is 2.00 bits per heavy atom. The van der Waals surface area contributed by atoms with Crippen molar-refractivity contribution < 1.29 is 26.5 Å². The predicted octanol–water partition coefficient (Wildman–Crippen LogP) is 0.714. The lowest BCUT2D eigenvalue weighted by Gasteiger charge is -2.06. The molecule has 7 nitrogen and oxygen atoms in total. The molecular formula is C6H4F3N3O4S. The van der Waals surface area contributed by atoms with E-state index in [0.717, 1.165) is 0 Å². The van der Waals surface area contributed by atoms with Crippen LogP contribution in [0.25, 0.3) is 0 Å². The van der Waals surface area contributed by atoms with Crippen molar-refractivity contribution >= 4 is 15.8 Å². The summed E-state index contributed by atoms with van der Waals surface area (Å²) in [5.41, 5.74) is -1.66. The molecule has 0 radical (unpaired) electrons. The molecule has 1 aromatic heterocycles. The number of sulfonamides is 1. The number of nitrogens with zero attached hydrogens (tertiary/aromatic N) is 2. The van der Waals surface area contributed by atoms with E-state index in [2.05, 4.69) is 10.1 Å². The van der Waals surface area contributed by atoms with Gasteiger partial charge in [-0.2, -0.15) is 0 Å². The maximum absolute atomic E-state index is 13.0. The van der Waals surface area contributed by atoms with Gasteiger partial charge < -0.3 is 10.1 Å². The molecule has 0 aliphatic carbocycles. The van der Waals surface area contributed by atoms with E-state index in [-0.39, 0.29) is 6.20 Å². The fourth-order valence-electron chi connectivity index (χ4n) is 1.09. The molecule has 0 amide bonds. The second kappa shape index (κ2) is 4.25. The van der Waals surface area contributed by atoms with Gasteiger partial charge in [0.25, 0.3) is 6.43 Å². The average molecular weight is 271 g/mol. The molecule has 0 fully saturated rings. The highest BCUT2D eigenvalue weighted by molar-refractivity contribution is 7.89. The fourth-order valence-corrected chi connectivity index (χ4v) is 1.96. The number of hydrogen-bond acceptors (Lipinski definition) is 5. The van der Waals surface area contributed by atoms with E-state index in [1.54, 1.807) is 0 Å². The SMILES string of the molecule is NS(=O)(=O)c1c([N+](=O)[O-])ncc(F)c1C(F)F. The first-order chi connectivity index (χ1) is 7.66. The van der Waals surface area contributed by atoms with Gasteiger partial charge in [-0.05, 0) is 9.91 Å². The Balaban J connectivity index is 3.82. The van der Waals surface area contributed by atoms with Crippen molar-refractivity contribution in [2.24, 2.45) is 5.14 Å². The van der Waals surface area contributed by atoms with Crippen LogP contribution in [0.2, 0.25) is 0 Å². The Kier molecular flexibility index (Phi) is 3.33. The molecule has 1 heterocycles. The van der Waals surface area contributed by atoms with Crippen LogP contribution in [0.1, 0.15) is 12.0 Å². The zero-order chi connectivity index (χ0) is 13.4. The third-order valence-electron chi connectivity index (χ3n) is 1.68. The number of aromatic nitrogens is 1. The van der Waals surface area contributed by atoms with Crippen molar-refractivity contribution in [2.75, 3.05) is 0 Å². The molecule has 0 aromatic carbocycles. The van der Waals surface area contributed by atoms with Crippen LogP contribution in [0.5, 0.6) is 0 Å². The minimum atomic E-state index is -4.90. The van der Waals surface area contributed by atoms with Crippen LogP contribution in [0.3, 0.4) is 0 Å². The van der Waals surface area contributed by atoms with E-state index >= 15 is 0 Å². The first-order valence-electron chi connectivity index (χ1n) is 3.80. The lowest BCUT2D eigenvalue weighted by molar-refractivity contribution is -0.392. The lowest BCUT2D eigenvalue weighted by atomic mass is 10.2. The molecule has 0 saturated carbocycles. The minimum absolute atomic E-state index is 0.133. The maximum Gasteiger partial charge on any atom is 0.384 e. The Labute approximate surface area is 92.3 Å². The van der Waals surface area contributed by atoms with Gasteiger partial charge in [-0.15, -0.1) is 0 Å². The molecule has 0 atom stereocenters. The largest absolute Gasteiger partial charge is 0.384 e. The van der Waals surface area contributed by atoms with E-state index in [4.69, 9.17) is 0 Å². The zero-order valence-corrected chi connectivity index (χ0v) is 8.62. The average Bonchev–Trinajstić information content (AvgIpc) is 2.14. The molecule has 17 heavy (non-hydrogen) atoms. The quantitative estimate of drug-likeness (QED) is 0.642. The van der Waals surface area contributed by atoms with Crippen molar-refractivity contribution in [1.82, 2.24) is 4.98 Å². The van der Waals surface area contributed by atoms with Crippen LogP contribution in [-0.4, -0.2) is 18.3 Å².